The number of para-hydroxylation sites is 1. The number of hydrogen-bond acceptors (Lipinski definition) is 4. The van der Waals surface area contributed by atoms with Gasteiger partial charge in [-0.3, -0.25) is 19.5 Å². The van der Waals surface area contributed by atoms with Crippen LogP contribution in [0.5, 0.6) is 0 Å². The zero-order valence-electron chi connectivity index (χ0n) is 15.2. The lowest BCUT2D eigenvalue weighted by Crippen LogP contribution is -2.70. The van der Waals surface area contributed by atoms with Crippen LogP contribution >= 0.6 is 0 Å². The van der Waals surface area contributed by atoms with E-state index in [9.17, 15) is 9.59 Å². The molecular formula is C20H24N4O2. The number of aromatic nitrogens is 1. The third-order valence-electron chi connectivity index (χ3n) is 5.39. The molecule has 136 valence electrons. The van der Waals surface area contributed by atoms with Gasteiger partial charge in [0, 0.05) is 37.8 Å². The van der Waals surface area contributed by atoms with Gasteiger partial charge in [-0.25, -0.2) is 0 Å². The van der Waals surface area contributed by atoms with Gasteiger partial charge in [0.1, 0.15) is 12.1 Å². The first kappa shape index (κ1) is 17.0. The summed E-state index contributed by atoms with van der Waals surface area (Å²) in [6, 6.07) is 9.39. The zero-order valence-corrected chi connectivity index (χ0v) is 15.2. The molecule has 0 radical (unpaired) electrons. The van der Waals surface area contributed by atoms with Crippen LogP contribution in [0.4, 0.5) is 0 Å². The molecule has 4 rings (SSSR count). The molecule has 0 saturated carbocycles. The van der Waals surface area contributed by atoms with Crippen LogP contribution in [-0.2, 0) is 16.1 Å². The van der Waals surface area contributed by atoms with E-state index in [1.165, 1.54) is 0 Å². The van der Waals surface area contributed by atoms with E-state index in [1.807, 2.05) is 32.2 Å². The second-order valence-corrected chi connectivity index (χ2v) is 7.51. The van der Waals surface area contributed by atoms with E-state index in [0.29, 0.717) is 13.1 Å². The smallest absolute Gasteiger partial charge is 0.246 e. The van der Waals surface area contributed by atoms with E-state index in [0.717, 1.165) is 29.6 Å². The van der Waals surface area contributed by atoms with Crippen LogP contribution in [0.25, 0.3) is 10.9 Å². The normalized spacial score (nSPS) is 24.0. The molecule has 2 aromatic rings. The minimum atomic E-state index is -0.396. The van der Waals surface area contributed by atoms with Crippen molar-refractivity contribution in [3.63, 3.8) is 0 Å². The van der Waals surface area contributed by atoms with Gasteiger partial charge in [0.25, 0.3) is 0 Å². The molecule has 3 heterocycles. The van der Waals surface area contributed by atoms with E-state index >= 15 is 0 Å². The van der Waals surface area contributed by atoms with Crippen LogP contribution in [0.1, 0.15) is 19.4 Å². The molecule has 0 bridgehead atoms. The fourth-order valence-corrected chi connectivity index (χ4v) is 3.95. The Morgan fingerprint density at radius 1 is 1.19 bits per heavy atom. The Morgan fingerprint density at radius 3 is 2.81 bits per heavy atom. The molecule has 2 aliphatic rings. The van der Waals surface area contributed by atoms with Crippen molar-refractivity contribution in [2.45, 2.75) is 32.5 Å². The number of carbonyl (C=O) groups excluding carboxylic acids is 2. The number of rotatable bonds is 3. The molecule has 1 N–H and O–H groups in total. The molecule has 1 aromatic heterocycles. The molecule has 0 aliphatic carbocycles. The van der Waals surface area contributed by atoms with Crippen molar-refractivity contribution in [2.75, 3.05) is 19.6 Å². The predicted octanol–water partition coefficient (Wildman–Crippen LogP) is 1.40. The van der Waals surface area contributed by atoms with E-state index in [4.69, 9.17) is 0 Å². The van der Waals surface area contributed by atoms with Crippen LogP contribution in [0.2, 0.25) is 0 Å². The third kappa shape index (κ3) is 2.94. The summed E-state index contributed by atoms with van der Waals surface area (Å²) in [5, 5.41) is 4.03. The molecule has 6 nitrogen and oxygen atoms in total. The Morgan fingerprint density at radius 2 is 2.00 bits per heavy atom. The lowest BCUT2D eigenvalue weighted by molar-refractivity contribution is -0.154. The van der Waals surface area contributed by atoms with Gasteiger partial charge >= 0.3 is 0 Å². The second-order valence-electron chi connectivity index (χ2n) is 7.51. The highest BCUT2D eigenvalue weighted by molar-refractivity contribution is 5.97. The van der Waals surface area contributed by atoms with Gasteiger partial charge in [-0.15, -0.1) is 0 Å². The highest BCUT2D eigenvalue weighted by Crippen LogP contribution is 2.23. The van der Waals surface area contributed by atoms with Crippen molar-refractivity contribution in [3.05, 3.63) is 42.1 Å². The predicted molar refractivity (Wildman–Crippen MR) is 99.3 cm³/mol. The van der Waals surface area contributed by atoms with Crippen LogP contribution < -0.4 is 5.32 Å². The van der Waals surface area contributed by atoms with Gasteiger partial charge in [-0.1, -0.05) is 38.1 Å². The SMILES string of the molecule is CC(C)[C@@H]1NC(=O)[C@H]2CN(Cc3cccc4cccnc34)CCN2C1=O. The fourth-order valence-electron chi connectivity index (χ4n) is 3.95. The summed E-state index contributed by atoms with van der Waals surface area (Å²) in [7, 11) is 0. The monoisotopic (exact) mass is 352 g/mol. The molecule has 1 aromatic carbocycles. The van der Waals surface area contributed by atoms with Gasteiger partial charge in [0.2, 0.25) is 11.8 Å². The number of piperazine rings is 2. The standard InChI is InChI=1S/C20H24N4O2/c1-13(2)17-20(26)24-10-9-23(12-16(24)19(25)22-17)11-15-6-3-5-14-7-4-8-21-18(14)15/h3-8,13,16-17H,9-12H2,1-2H3,(H,22,25)/t16-,17+/m1/s1. The van der Waals surface area contributed by atoms with E-state index in [-0.39, 0.29) is 17.7 Å². The number of amides is 2. The van der Waals surface area contributed by atoms with Crippen LogP contribution in [0.3, 0.4) is 0 Å². The molecule has 2 fully saturated rings. The molecule has 2 aliphatic heterocycles. The Kier molecular flexibility index (Phi) is 4.36. The van der Waals surface area contributed by atoms with Crippen molar-refractivity contribution in [1.82, 2.24) is 20.1 Å². The van der Waals surface area contributed by atoms with E-state index in [1.54, 1.807) is 4.90 Å². The maximum atomic E-state index is 12.7. The second kappa shape index (κ2) is 6.68. The molecule has 0 spiro atoms. The van der Waals surface area contributed by atoms with E-state index in [2.05, 4.69) is 33.4 Å². The Bertz CT molecular complexity index is 845. The van der Waals surface area contributed by atoms with Crippen molar-refractivity contribution in [1.29, 1.82) is 0 Å². The number of pyridine rings is 1. The lowest BCUT2D eigenvalue weighted by Gasteiger charge is -2.46. The highest BCUT2D eigenvalue weighted by Gasteiger charge is 2.44. The maximum absolute atomic E-state index is 12.7. The molecule has 2 amide bonds. The summed E-state index contributed by atoms with van der Waals surface area (Å²) < 4.78 is 0. The summed E-state index contributed by atoms with van der Waals surface area (Å²) in [5.41, 5.74) is 2.15. The third-order valence-corrected chi connectivity index (χ3v) is 5.39. The van der Waals surface area contributed by atoms with Crippen molar-refractivity contribution >= 4 is 22.7 Å². The van der Waals surface area contributed by atoms with Crippen molar-refractivity contribution < 1.29 is 9.59 Å². The molecule has 0 unspecified atom stereocenters. The molecule has 2 atom stereocenters. The van der Waals surface area contributed by atoms with Crippen LogP contribution in [-0.4, -0.2) is 58.3 Å². The van der Waals surface area contributed by atoms with Crippen LogP contribution in [0.15, 0.2) is 36.5 Å². The summed E-state index contributed by atoms with van der Waals surface area (Å²) in [4.78, 5) is 33.7. The molecule has 6 heteroatoms. The first-order chi connectivity index (χ1) is 12.5. The molecule has 2 saturated heterocycles. The number of nitrogens with zero attached hydrogens (tertiary/aromatic N) is 3. The maximum Gasteiger partial charge on any atom is 0.246 e. The number of fused-ring (bicyclic) bond motifs is 2. The fraction of sp³-hybridized carbons (Fsp3) is 0.450. The minimum Gasteiger partial charge on any atom is -0.342 e. The number of nitrogens with one attached hydrogen (secondary N) is 1. The Labute approximate surface area is 153 Å². The minimum absolute atomic E-state index is 0.0379. The lowest BCUT2D eigenvalue weighted by atomic mass is 9.96. The van der Waals surface area contributed by atoms with Crippen LogP contribution in [0, 0.1) is 5.92 Å². The average Bonchev–Trinajstić information content (AvgIpc) is 2.65. The summed E-state index contributed by atoms with van der Waals surface area (Å²) in [5.74, 6) is 0.118. The van der Waals surface area contributed by atoms with Gasteiger partial charge in [0.15, 0.2) is 0 Å². The number of benzene rings is 1. The zero-order chi connectivity index (χ0) is 18.3. The summed E-state index contributed by atoms with van der Waals surface area (Å²) in [6.07, 6.45) is 1.81. The first-order valence-corrected chi connectivity index (χ1v) is 9.20. The topological polar surface area (TPSA) is 65.5 Å². The van der Waals surface area contributed by atoms with Crippen molar-refractivity contribution in [2.24, 2.45) is 5.92 Å². The van der Waals surface area contributed by atoms with Gasteiger partial charge in [0.05, 0.1) is 5.52 Å². The Hall–Kier alpha value is -2.47. The average molecular weight is 352 g/mol. The molecule has 26 heavy (non-hydrogen) atoms. The Balaban J connectivity index is 1.52. The quantitative estimate of drug-likeness (QED) is 0.907. The van der Waals surface area contributed by atoms with E-state index < -0.39 is 12.1 Å². The number of carbonyl (C=O) groups is 2. The van der Waals surface area contributed by atoms with Crippen molar-refractivity contribution in [3.8, 4) is 0 Å². The van der Waals surface area contributed by atoms with Gasteiger partial charge in [-0.2, -0.15) is 0 Å². The molecular weight excluding hydrogens is 328 g/mol. The highest BCUT2D eigenvalue weighted by atomic mass is 16.2. The van der Waals surface area contributed by atoms with Gasteiger partial charge in [-0.05, 0) is 17.5 Å². The summed E-state index contributed by atoms with van der Waals surface area (Å²) >= 11 is 0. The first-order valence-electron chi connectivity index (χ1n) is 9.20. The number of hydrogen-bond donors (Lipinski definition) is 1. The summed E-state index contributed by atoms with van der Waals surface area (Å²) in [6.45, 7) is 6.58. The van der Waals surface area contributed by atoms with Gasteiger partial charge < -0.3 is 10.2 Å². The largest absolute Gasteiger partial charge is 0.342 e.